The molecule has 1 amide bonds. The number of ketones is 1. The van der Waals surface area contributed by atoms with Crippen LogP contribution in [0.4, 0.5) is 0 Å². The lowest BCUT2D eigenvalue weighted by Gasteiger charge is -2.28. The summed E-state index contributed by atoms with van der Waals surface area (Å²) in [5.74, 6) is 0.196. The summed E-state index contributed by atoms with van der Waals surface area (Å²) in [7, 11) is 0. The van der Waals surface area contributed by atoms with Crippen molar-refractivity contribution in [2.75, 3.05) is 39.6 Å². The largest absolute Gasteiger partial charge is 0.507 e. The molecule has 1 saturated heterocycles. The van der Waals surface area contributed by atoms with Crippen molar-refractivity contribution < 1.29 is 28.9 Å². The highest BCUT2D eigenvalue weighted by molar-refractivity contribution is 6.46. The zero-order valence-corrected chi connectivity index (χ0v) is 19.7. The molecule has 34 heavy (non-hydrogen) atoms. The number of likely N-dealkylation sites (N-methyl/N-ethyl adjacent to an activating group) is 1. The average molecular weight is 467 g/mol. The van der Waals surface area contributed by atoms with Crippen LogP contribution < -0.4 is 14.2 Å². The predicted octanol–water partition coefficient (Wildman–Crippen LogP) is 3.58. The van der Waals surface area contributed by atoms with Crippen LogP contribution in [0.15, 0.2) is 48.0 Å². The van der Waals surface area contributed by atoms with E-state index < -0.39 is 17.7 Å². The van der Waals surface area contributed by atoms with Crippen LogP contribution >= 0.6 is 0 Å². The van der Waals surface area contributed by atoms with Gasteiger partial charge in [0.15, 0.2) is 11.5 Å². The summed E-state index contributed by atoms with van der Waals surface area (Å²) in [6, 6.07) is 11.5. The SMILES string of the molecule is CCOc1ccc(C2/C(=C(\O)c3ccc4c(c3)OCO4)C(=O)C(=O)N2CCN(CC)CC)cc1. The van der Waals surface area contributed by atoms with Gasteiger partial charge in [-0.05, 0) is 55.9 Å². The Labute approximate surface area is 199 Å². The molecule has 0 radical (unpaired) electrons. The van der Waals surface area contributed by atoms with Crippen LogP contribution in [0.1, 0.15) is 37.9 Å². The van der Waals surface area contributed by atoms with Crippen molar-refractivity contribution in [1.82, 2.24) is 9.80 Å². The number of nitrogens with zero attached hydrogens (tertiary/aromatic N) is 2. The second-order valence-corrected chi connectivity index (χ2v) is 8.09. The summed E-state index contributed by atoms with van der Waals surface area (Å²) < 4.78 is 16.3. The summed E-state index contributed by atoms with van der Waals surface area (Å²) in [5, 5.41) is 11.2. The van der Waals surface area contributed by atoms with Gasteiger partial charge in [-0.3, -0.25) is 9.59 Å². The molecule has 1 N–H and O–H groups in total. The zero-order chi connectivity index (χ0) is 24.2. The monoisotopic (exact) mass is 466 g/mol. The van der Waals surface area contributed by atoms with E-state index in [9.17, 15) is 14.7 Å². The number of hydrogen-bond donors (Lipinski definition) is 1. The molecule has 0 aliphatic carbocycles. The molecule has 8 nitrogen and oxygen atoms in total. The Morgan fingerprint density at radius 3 is 2.44 bits per heavy atom. The van der Waals surface area contributed by atoms with Crippen LogP contribution in [0.2, 0.25) is 0 Å². The normalized spacial score (nSPS) is 18.7. The fraction of sp³-hybridized carbons (Fsp3) is 0.385. The Hall–Kier alpha value is -3.52. The highest BCUT2D eigenvalue weighted by atomic mass is 16.7. The molecule has 4 rings (SSSR count). The van der Waals surface area contributed by atoms with Crippen LogP contribution in [0, 0.1) is 0 Å². The summed E-state index contributed by atoms with van der Waals surface area (Å²) in [4.78, 5) is 30.1. The zero-order valence-electron chi connectivity index (χ0n) is 19.7. The van der Waals surface area contributed by atoms with Crippen LogP contribution in [0.25, 0.3) is 5.76 Å². The van der Waals surface area contributed by atoms with Gasteiger partial charge >= 0.3 is 0 Å². The van der Waals surface area contributed by atoms with Gasteiger partial charge in [0.25, 0.3) is 11.7 Å². The van der Waals surface area contributed by atoms with Gasteiger partial charge in [-0.1, -0.05) is 26.0 Å². The molecular weight excluding hydrogens is 436 g/mol. The molecule has 0 bridgehead atoms. The molecule has 180 valence electrons. The standard InChI is InChI=1S/C26H30N2O6/c1-4-27(5-2)13-14-28-23(17-7-10-19(11-8-17)32-6-3)22(25(30)26(28)31)24(29)18-9-12-20-21(15-18)34-16-33-20/h7-12,15,23,29H,4-6,13-14,16H2,1-3H3/b24-22+. The van der Waals surface area contributed by atoms with Crippen LogP contribution in [0.3, 0.4) is 0 Å². The van der Waals surface area contributed by atoms with Crippen LogP contribution in [-0.4, -0.2) is 66.2 Å². The quantitative estimate of drug-likeness (QED) is 0.343. The third-order valence-electron chi connectivity index (χ3n) is 6.24. The minimum atomic E-state index is -0.711. The third-order valence-corrected chi connectivity index (χ3v) is 6.24. The van der Waals surface area contributed by atoms with E-state index in [1.165, 1.54) is 0 Å². The maximum atomic E-state index is 13.2. The van der Waals surface area contributed by atoms with Gasteiger partial charge < -0.3 is 29.1 Å². The van der Waals surface area contributed by atoms with E-state index in [1.807, 2.05) is 31.2 Å². The lowest BCUT2D eigenvalue weighted by molar-refractivity contribution is -0.140. The Morgan fingerprint density at radius 2 is 1.76 bits per heavy atom. The van der Waals surface area contributed by atoms with Gasteiger partial charge in [0.2, 0.25) is 6.79 Å². The Kier molecular flexibility index (Phi) is 7.07. The smallest absolute Gasteiger partial charge is 0.295 e. The number of aliphatic hydroxyl groups is 1. The first kappa shape index (κ1) is 23.6. The number of aliphatic hydroxyl groups excluding tert-OH is 1. The molecular formula is C26H30N2O6. The molecule has 2 aromatic carbocycles. The van der Waals surface area contributed by atoms with Crippen molar-refractivity contribution >= 4 is 17.4 Å². The highest BCUT2D eigenvalue weighted by Crippen LogP contribution is 2.41. The van der Waals surface area contributed by atoms with E-state index in [2.05, 4.69) is 18.7 Å². The lowest BCUT2D eigenvalue weighted by Crippen LogP contribution is -2.38. The van der Waals surface area contributed by atoms with Gasteiger partial charge in [0, 0.05) is 18.7 Å². The molecule has 2 aliphatic heterocycles. The number of amides is 1. The summed E-state index contributed by atoms with van der Waals surface area (Å²) in [6.07, 6.45) is 0. The summed E-state index contributed by atoms with van der Waals surface area (Å²) in [5.41, 5.74) is 1.18. The number of ether oxygens (including phenoxy) is 3. The maximum Gasteiger partial charge on any atom is 0.295 e. The Balaban J connectivity index is 1.77. The van der Waals surface area contributed by atoms with Crippen LogP contribution in [0.5, 0.6) is 17.2 Å². The number of carbonyl (C=O) groups excluding carboxylic acids is 2. The second kappa shape index (κ2) is 10.2. The number of hydrogen-bond acceptors (Lipinski definition) is 7. The fourth-order valence-corrected chi connectivity index (χ4v) is 4.36. The average Bonchev–Trinajstić information content (AvgIpc) is 3.42. The maximum absolute atomic E-state index is 13.2. The molecule has 2 aliphatic rings. The first-order valence-electron chi connectivity index (χ1n) is 11.6. The van der Waals surface area contributed by atoms with Gasteiger partial charge in [-0.2, -0.15) is 0 Å². The molecule has 1 atom stereocenters. The van der Waals surface area contributed by atoms with E-state index in [1.54, 1.807) is 23.1 Å². The molecule has 2 heterocycles. The van der Waals surface area contributed by atoms with E-state index >= 15 is 0 Å². The van der Waals surface area contributed by atoms with E-state index in [4.69, 9.17) is 14.2 Å². The molecule has 1 fully saturated rings. The number of likely N-dealkylation sites (tertiary alicyclic amines) is 1. The minimum Gasteiger partial charge on any atom is -0.507 e. The molecule has 8 heteroatoms. The summed E-state index contributed by atoms with van der Waals surface area (Å²) in [6.45, 7) is 9.31. The first-order chi connectivity index (χ1) is 16.5. The molecule has 0 spiro atoms. The third kappa shape index (κ3) is 4.46. The number of Topliss-reactive ketones (excluding diaryl/α,β-unsaturated/α-hetero) is 1. The Morgan fingerprint density at radius 1 is 1.06 bits per heavy atom. The number of rotatable bonds is 9. The van der Waals surface area contributed by atoms with Crippen molar-refractivity contribution in [3.05, 3.63) is 59.2 Å². The van der Waals surface area contributed by atoms with Crippen molar-refractivity contribution in [3.63, 3.8) is 0 Å². The van der Waals surface area contributed by atoms with Crippen molar-refractivity contribution in [3.8, 4) is 17.2 Å². The van der Waals surface area contributed by atoms with Crippen LogP contribution in [-0.2, 0) is 9.59 Å². The fourth-order valence-electron chi connectivity index (χ4n) is 4.36. The first-order valence-corrected chi connectivity index (χ1v) is 11.6. The molecule has 0 aromatic heterocycles. The van der Waals surface area contributed by atoms with Gasteiger partial charge in [-0.15, -0.1) is 0 Å². The van der Waals surface area contributed by atoms with Gasteiger partial charge in [0.1, 0.15) is 11.5 Å². The van der Waals surface area contributed by atoms with E-state index in [-0.39, 0.29) is 18.1 Å². The van der Waals surface area contributed by atoms with Gasteiger partial charge in [0.05, 0.1) is 18.2 Å². The predicted molar refractivity (Wildman–Crippen MR) is 127 cm³/mol. The summed E-state index contributed by atoms with van der Waals surface area (Å²) >= 11 is 0. The van der Waals surface area contributed by atoms with Crippen molar-refractivity contribution in [1.29, 1.82) is 0 Å². The highest BCUT2D eigenvalue weighted by Gasteiger charge is 2.46. The minimum absolute atomic E-state index is 0.0626. The van der Waals surface area contributed by atoms with Crippen molar-refractivity contribution in [2.45, 2.75) is 26.8 Å². The molecule has 2 aromatic rings. The second-order valence-electron chi connectivity index (χ2n) is 8.09. The van der Waals surface area contributed by atoms with Crippen molar-refractivity contribution in [2.24, 2.45) is 0 Å². The lowest BCUT2D eigenvalue weighted by atomic mass is 9.95. The van der Waals surface area contributed by atoms with E-state index in [0.717, 1.165) is 18.7 Å². The Bertz CT molecular complexity index is 1090. The van der Waals surface area contributed by atoms with E-state index in [0.29, 0.717) is 42.5 Å². The number of carbonyl (C=O) groups is 2. The molecule has 0 saturated carbocycles. The topological polar surface area (TPSA) is 88.5 Å². The number of benzene rings is 2. The van der Waals surface area contributed by atoms with Gasteiger partial charge in [-0.25, -0.2) is 0 Å². The number of fused-ring (bicyclic) bond motifs is 1. The molecule has 1 unspecified atom stereocenters.